The van der Waals surface area contributed by atoms with Gasteiger partial charge in [0.1, 0.15) is 6.04 Å². The van der Waals surface area contributed by atoms with Crippen LogP contribution in [0.5, 0.6) is 0 Å². The van der Waals surface area contributed by atoms with Crippen LogP contribution in [0.3, 0.4) is 0 Å². The summed E-state index contributed by atoms with van der Waals surface area (Å²) < 4.78 is 0. The number of hydrogen-bond donors (Lipinski definition) is 2. The minimum atomic E-state index is -0.377. The zero-order chi connectivity index (χ0) is 10.8. The summed E-state index contributed by atoms with van der Waals surface area (Å²) in [4.78, 5) is 11.1. The molecule has 1 amide bonds. The molecule has 0 aliphatic heterocycles. The van der Waals surface area contributed by atoms with E-state index >= 15 is 0 Å². The average Bonchev–Trinajstić information content (AvgIpc) is 3.03. The summed E-state index contributed by atoms with van der Waals surface area (Å²) in [5, 5.41) is 2.91. The maximum Gasteiger partial charge on any atom is 0.239 e. The molecule has 3 N–H and O–H groups in total. The topological polar surface area (TPSA) is 55.1 Å². The number of carbonyl (C=O) groups is 1. The molecule has 1 aliphatic carbocycles. The molecule has 3 nitrogen and oxygen atoms in total. The fraction of sp³-hybridized carbons (Fsp3) is 0.417. The van der Waals surface area contributed by atoms with Gasteiger partial charge in [-0.15, -0.1) is 0 Å². The predicted octanol–water partition coefficient (Wildman–Crippen LogP) is 1.31. The molecule has 1 aromatic rings. The van der Waals surface area contributed by atoms with Crippen molar-refractivity contribution in [3.8, 4) is 0 Å². The number of rotatable bonds is 4. The van der Waals surface area contributed by atoms with Crippen molar-refractivity contribution in [3.05, 3.63) is 35.4 Å². The van der Waals surface area contributed by atoms with Crippen molar-refractivity contribution in [1.29, 1.82) is 0 Å². The highest BCUT2D eigenvalue weighted by Crippen LogP contribution is 2.40. The molecule has 1 atom stereocenters. The highest BCUT2D eigenvalue weighted by atomic mass is 16.1. The van der Waals surface area contributed by atoms with E-state index in [1.54, 1.807) is 7.05 Å². The molecule has 0 bridgehead atoms. The summed E-state index contributed by atoms with van der Waals surface area (Å²) in [5.74, 6) is 0.414. The van der Waals surface area contributed by atoms with Crippen LogP contribution in [-0.2, 0) is 4.79 Å². The number of carbonyl (C=O) groups excluding carboxylic acids is 1. The summed E-state index contributed by atoms with van der Waals surface area (Å²) in [6.07, 6.45) is 2.59. The molecule has 2 rings (SSSR count). The molecule has 0 heterocycles. The molecule has 1 aliphatic rings. The minimum absolute atomic E-state index is 0.336. The van der Waals surface area contributed by atoms with E-state index in [0.29, 0.717) is 0 Å². The zero-order valence-corrected chi connectivity index (χ0v) is 8.86. The number of nitrogens with one attached hydrogen (secondary N) is 1. The van der Waals surface area contributed by atoms with Crippen LogP contribution >= 0.6 is 0 Å². The first kappa shape index (κ1) is 10.2. The Hall–Kier alpha value is -1.35. The van der Waals surface area contributed by atoms with Gasteiger partial charge in [0.15, 0.2) is 0 Å². The maximum absolute atomic E-state index is 11.1. The molecule has 0 spiro atoms. The number of nitrogens with two attached hydrogens (primary N) is 1. The van der Waals surface area contributed by atoms with Crippen LogP contribution in [0.1, 0.15) is 35.9 Å². The maximum atomic E-state index is 11.1. The first-order chi connectivity index (χ1) is 7.22. The number of likely N-dealkylation sites (N-methyl/N-ethyl adjacent to an activating group) is 1. The van der Waals surface area contributed by atoms with Crippen molar-refractivity contribution < 1.29 is 4.79 Å². The van der Waals surface area contributed by atoms with Gasteiger partial charge in [-0.25, -0.2) is 0 Å². The standard InChI is InChI=1S/C12H16N2O/c1-14-11(12(13)15)10-6-4-9(5-7-10)8-2-3-8/h4-8,11,14H,2-3H2,1H3,(H2,13,15). The Morgan fingerprint density at radius 3 is 2.40 bits per heavy atom. The molecule has 0 aromatic heterocycles. The Bertz CT molecular complexity index is 354. The predicted molar refractivity (Wildman–Crippen MR) is 59.4 cm³/mol. The number of benzene rings is 1. The van der Waals surface area contributed by atoms with Gasteiger partial charge < -0.3 is 11.1 Å². The average molecular weight is 204 g/mol. The second-order valence-electron chi connectivity index (χ2n) is 4.06. The number of hydrogen-bond acceptors (Lipinski definition) is 2. The molecule has 1 fully saturated rings. The molecule has 15 heavy (non-hydrogen) atoms. The molecule has 1 aromatic carbocycles. The second kappa shape index (κ2) is 4.03. The van der Waals surface area contributed by atoms with E-state index < -0.39 is 0 Å². The van der Waals surface area contributed by atoms with E-state index in [0.717, 1.165) is 11.5 Å². The highest BCUT2D eigenvalue weighted by molar-refractivity contribution is 5.81. The van der Waals surface area contributed by atoms with Crippen molar-refractivity contribution in [3.63, 3.8) is 0 Å². The van der Waals surface area contributed by atoms with Crippen molar-refractivity contribution in [2.75, 3.05) is 7.05 Å². The Morgan fingerprint density at radius 2 is 2.00 bits per heavy atom. The fourth-order valence-corrected chi connectivity index (χ4v) is 1.85. The van der Waals surface area contributed by atoms with E-state index in [2.05, 4.69) is 17.4 Å². The molecular formula is C12H16N2O. The van der Waals surface area contributed by atoms with E-state index in [9.17, 15) is 4.79 Å². The molecule has 80 valence electrons. The molecule has 1 saturated carbocycles. The third-order valence-electron chi connectivity index (χ3n) is 2.89. The molecule has 0 radical (unpaired) electrons. The van der Waals surface area contributed by atoms with Gasteiger partial charge in [-0.2, -0.15) is 0 Å². The van der Waals surface area contributed by atoms with Crippen molar-refractivity contribution in [1.82, 2.24) is 5.32 Å². The van der Waals surface area contributed by atoms with Gasteiger partial charge in [-0.1, -0.05) is 24.3 Å². The van der Waals surface area contributed by atoms with Gasteiger partial charge in [0.05, 0.1) is 0 Å². The zero-order valence-electron chi connectivity index (χ0n) is 8.86. The van der Waals surface area contributed by atoms with Crippen LogP contribution in [-0.4, -0.2) is 13.0 Å². The number of amides is 1. The SMILES string of the molecule is CNC(C(N)=O)c1ccc(C2CC2)cc1. The molecule has 0 saturated heterocycles. The lowest BCUT2D eigenvalue weighted by molar-refractivity contribution is -0.120. The van der Waals surface area contributed by atoms with Gasteiger partial charge in [0.2, 0.25) is 5.91 Å². The van der Waals surface area contributed by atoms with Crippen LogP contribution in [0, 0.1) is 0 Å². The summed E-state index contributed by atoms with van der Waals surface area (Å²) in [6, 6.07) is 7.79. The van der Waals surface area contributed by atoms with Crippen LogP contribution in [0.15, 0.2) is 24.3 Å². The Morgan fingerprint density at radius 1 is 1.40 bits per heavy atom. The van der Waals surface area contributed by atoms with Crippen LogP contribution < -0.4 is 11.1 Å². The first-order valence-electron chi connectivity index (χ1n) is 5.29. The summed E-state index contributed by atoms with van der Waals surface area (Å²) in [5.41, 5.74) is 7.60. The lowest BCUT2D eigenvalue weighted by Gasteiger charge is -2.12. The van der Waals surface area contributed by atoms with Crippen molar-refractivity contribution in [2.24, 2.45) is 5.73 Å². The molecule has 1 unspecified atom stereocenters. The second-order valence-corrected chi connectivity index (χ2v) is 4.06. The monoisotopic (exact) mass is 204 g/mol. The minimum Gasteiger partial charge on any atom is -0.368 e. The lowest BCUT2D eigenvalue weighted by Crippen LogP contribution is -2.31. The van der Waals surface area contributed by atoms with Crippen molar-refractivity contribution in [2.45, 2.75) is 24.8 Å². The summed E-state index contributed by atoms with van der Waals surface area (Å²) in [7, 11) is 1.74. The Labute approximate surface area is 89.7 Å². The van der Waals surface area contributed by atoms with Gasteiger partial charge in [0, 0.05) is 0 Å². The largest absolute Gasteiger partial charge is 0.368 e. The Balaban J connectivity index is 2.17. The highest BCUT2D eigenvalue weighted by Gasteiger charge is 2.23. The number of primary amides is 1. The molecular weight excluding hydrogens is 188 g/mol. The smallest absolute Gasteiger partial charge is 0.239 e. The summed E-state index contributed by atoms with van der Waals surface area (Å²) in [6.45, 7) is 0. The third-order valence-corrected chi connectivity index (χ3v) is 2.89. The van der Waals surface area contributed by atoms with E-state index in [-0.39, 0.29) is 11.9 Å². The normalized spacial score (nSPS) is 17.4. The third kappa shape index (κ3) is 2.18. The van der Waals surface area contributed by atoms with E-state index in [1.165, 1.54) is 18.4 Å². The Kier molecular flexibility index (Phi) is 2.73. The van der Waals surface area contributed by atoms with Gasteiger partial charge in [0.25, 0.3) is 0 Å². The fourth-order valence-electron chi connectivity index (χ4n) is 1.85. The molecule has 3 heteroatoms. The van der Waals surface area contributed by atoms with Crippen molar-refractivity contribution >= 4 is 5.91 Å². The first-order valence-corrected chi connectivity index (χ1v) is 5.29. The quantitative estimate of drug-likeness (QED) is 0.777. The van der Waals surface area contributed by atoms with Crippen LogP contribution in [0.4, 0.5) is 0 Å². The van der Waals surface area contributed by atoms with Crippen LogP contribution in [0.25, 0.3) is 0 Å². The van der Waals surface area contributed by atoms with E-state index in [1.807, 2.05) is 12.1 Å². The van der Waals surface area contributed by atoms with E-state index in [4.69, 9.17) is 5.73 Å². The van der Waals surface area contributed by atoms with Gasteiger partial charge in [-0.3, -0.25) is 4.79 Å². The lowest BCUT2D eigenvalue weighted by atomic mass is 10.0. The van der Waals surface area contributed by atoms with Crippen LogP contribution in [0.2, 0.25) is 0 Å². The van der Waals surface area contributed by atoms with Gasteiger partial charge in [-0.05, 0) is 36.9 Å². The summed E-state index contributed by atoms with van der Waals surface area (Å²) >= 11 is 0. The van der Waals surface area contributed by atoms with Gasteiger partial charge >= 0.3 is 0 Å².